The Labute approximate surface area is 341 Å². The summed E-state index contributed by atoms with van der Waals surface area (Å²) in [6.07, 6.45) is 0. The van der Waals surface area contributed by atoms with Crippen LogP contribution in [0.25, 0.3) is 132 Å². The van der Waals surface area contributed by atoms with Gasteiger partial charge in [0.25, 0.3) is 0 Å². The summed E-state index contributed by atoms with van der Waals surface area (Å²) in [6.45, 7) is 0. The van der Waals surface area contributed by atoms with Crippen LogP contribution in [0.2, 0.25) is 0 Å². The van der Waals surface area contributed by atoms with Gasteiger partial charge in [-0.25, -0.2) is 0 Å². The monoisotopic (exact) mass is 746 g/mol. The molecular formula is C58H34O. The maximum absolute atomic E-state index is 6.36. The second kappa shape index (κ2) is 12.4. The number of furan rings is 1. The minimum Gasteiger partial charge on any atom is -0.456 e. The molecule has 13 rings (SSSR count). The van der Waals surface area contributed by atoms with Crippen LogP contribution in [0.1, 0.15) is 0 Å². The van der Waals surface area contributed by atoms with E-state index in [2.05, 4.69) is 200 Å². The Hall–Kier alpha value is -7.74. The minimum atomic E-state index is 0.898. The molecule has 59 heavy (non-hydrogen) atoms. The SMILES string of the molecule is c1ccc2c(c1)-c1cccc3c(-c4cccc(-c5ccc6oc7ccccc7c6c5)c4-c4c5ccccc5c(-c5cccc6ccccc56)c5ccccc45)ccc-2c13. The number of rotatable bonds is 4. The molecule has 0 bridgehead atoms. The van der Waals surface area contributed by atoms with E-state index in [1.165, 1.54) is 104 Å². The highest BCUT2D eigenvalue weighted by molar-refractivity contribution is 6.27. The van der Waals surface area contributed by atoms with Gasteiger partial charge in [0.15, 0.2) is 0 Å². The standard InChI is InChI=1S/C58H34O/c1-2-16-37-35(14-1)15-11-25-43(37)55-47-20-5-7-22-49(47)58(50-23-8-6-21-48(50)55)57-38(36-30-33-54-52(34-36)42-19-9-10-29-53(42)59-54)24-12-28-46(57)41-31-32-51-40-18-4-3-17-39(40)44-26-13-27-45(41)56(44)51/h1-34H. The smallest absolute Gasteiger partial charge is 0.135 e. The van der Waals surface area contributed by atoms with Gasteiger partial charge in [0.05, 0.1) is 0 Å². The normalized spacial score (nSPS) is 12.1. The van der Waals surface area contributed by atoms with Crippen molar-refractivity contribution < 1.29 is 4.42 Å². The molecule has 0 unspecified atom stereocenters. The third kappa shape index (κ3) is 4.62. The molecular weight excluding hydrogens is 713 g/mol. The number of hydrogen-bond donors (Lipinski definition) is 0. The highest BCUT2D eigenvalue weighted by Crippen LogP contribution is 2.54. The predicted octanol–water partition coefficient (Wildman–Crippen LogP) is 16.5. The molecule has 0 radical (unpaired) electrons. The van der Waals surface area contributed by atoms with Crippen LogP contribution in [-0.2, 0) is 0 Å². The lowest BCUT2D eigenvalue weighted by Crippen LogP contribution is -1.96. The van der Waals surface area contributed by atoms with Crippen molar-refractivity contribution in [1.82, 2.24) is 0 Å². The van der Waals surface area contributed by atoms with E-state index in [9.17, 15) is 0 Å². The van der Waals surface area contributed by atoms with Crippen LogP contribution in [0.5, 0.6) is 0 Å². The first-order chi connectivity index (χ1) is 29.3. The molecule has 0 aliphatic heterocycles. The second-order valence-corrected chi connectivity index (χ2v) is 15.8. The van der Waals surface area contributed by atoms with Gasteiger partial charge in [-0.1, -0.05) is 188 Å². The van der Waals surface area contributed by atoms with Crippen LogP contribution in [0, 0.1) is 0 Å². The second-order valence-electron chi connectivity index (χ2n) is 15.8. The predicted molar refractivity (Wildman–Crippen MR) is 250 cm³/mol. The van der Waals surface area contributed by atoms with Gasteiger partial charge in [-0.05, 0) is 128 Å². The van der Waals surface area contributed by atoms with Gasteiger partial charge in [0.1, 0.15) is 11.2 Å². The average Bonchev–Trinajstić information content (AvgIpc) is 3.84. The molecule has 1 aromatic heterocycles. The topological polar surface area (TPSA) is 13.1 Å². The van der Waals surface area contributed by atoms with Crippen LogP contribution < -0.4 is 0 Å². The van der Waals surface area contributed by atoms with Gasteiger partial charge in [0, 0.05) is 10.8 Å². The van der Waals surface area contributed by atoms with Gasteiger partial charge in [0.2, 0.25) is 0 Å². The number of benzene rings is 11. The lowest BCUT2D eigenvalue weighted by atomic mass is 9.79. The molecule has 1 heterocycles. The molecule has 0 saturated heterocycles. The fraction of sp³-hybridized carbons (Fsp3) is 0. The lowest BCUT2D eigenvalue weighted by Gasteiger charge is -2.23. The highest BCUT2D eigenvalue weighted by Gasteiger charge is 2.26. The van der Waals surface area contributed by atoms with Crippen molar-refractivity contribution >= 4 is 65.0 Å². The fourth-order valence-corrected chi connectivity index (χ4v) is 10.4. The minimum absolute atomic E-state index is 0.898. The zero-order chi connectivity index (χ0) is 38.6. The number of para-hydroxylation sites is 1. The van der Waals surface area contributed by atoms with Crippen molar-refractivity contribution in [2.45, 2.75) is 0 Å². The summed E-state index contributed by atoms with van der Waals surface area (Å²) in [5, 5.41) is 12.3. The summed E-state index contributed by atoms with van der Waals surface area (Å²) in [6, 6.07) is 76.0. The first kappa shape index (κ1) is 32.4. The third-order valence-corrected chi connectivity index (χ3v) is 12.8. The Morgan fingerprint density at radius 2 is 0.729 bits per heavy atom. The molecule has 0 atom stereocenters. The quantitative estimate of drug-likeness (QED) is 0.164. The summed E-state index contributed by atoms with van der Waals surface area (Å²) < 4.78 is 6.36. The summed E-state index contributed by atoms with van der Waals surface area (Å²) in [5.41, 5.74) is 16.8. The van der Waals surface area contributed by atoms with E-state index in [1.807, 2.05) is 6.07 Å². The van der Waals surface area contributed by atoms with Crippen LogP contribution in [0.4, 0.5) is 0 Å². The molecule has 0 fully saturated rings. The summed E-state index contributed by atoms with van der Waals surface area (Å²) in [4.78, 5) is 0. The zero-order valence-electron chi connectivity index (χ0n) is 32.0. The largest absolute Gasteiger partial charge is 0.456 e. The van der Waals surface area contributed by atoms with Gasteiger partial charge in [-0.15, -0.1) is 0 Å². The Balaban J connectivity index is 1.18. The Bertz CT molecular complexity index is 3640. The highest BCUT2D eigenvalue weighted by atomic mass is 16.3. The zero-order valence-corrected chi connectivity index (χ0v) is 32.0. The molecule has 1 aliphatic rings. The van der Waals surface area contributed by atoms with E-state index >= 15 is 0 Å². The molecule has 11 aromatic carbocycles. The van der Waals surface area contributed by atoms with Crippen LogP contribution in [-0.4, -0.2) is 0 Å². The van der Waals surface area contributed by atoms with E-state index in [0.29, 0.717) is 0 Å². The molecule has 0 N–H and O–H groups in total. The third-order valence-electron chi connectivity index (χ3n) is 12.8. The van der Waals surface area contributed by atoms with E-state index < -0.39 is 0 Å². The van der Waals surface area contributed by atoms with Crippen LogP contribution in [0.15, 0.2) is 211 Å². The maximum Gasteiger partial charge on any atom is 0.135 e. The van der Waals surface area contributed by atoms with E-state index in [4.69, 9.17) is 4.42 Å². The molecule has 0 saturated carbocycles. The number of hydrogen-bond acceptors (Lipinski definition) is 1. The van der Waals surface area contributed by atoms with Crippen molar-refractivity contribution in [3.05, 3.63) is 206 Å². The molecule has 1 aliphatic carbocycles. The Morgan fingerprint density at radius 1 is 0.237 bits per heavy atom. The van der Waals surface area contributed by atoms with Gasteiger partial charge < -0.3 is 4.42 Å². The van der Waals surface area contributed by atoms with E-state index in [0.717, 1.165) is 27.5 Å². The van der Waals surface area contributed by atoms with Gasteiger partial charge in [-0.2, -0.15) is 0 Å². The molecule has 12 aromatic rings. The molecule has 272 valence electrons. The van der Waals surface area contributed by atoms with Crippen LogP contribution in [0.3, 0.4) is 0 Å². The van der Waals surface area contributed by atoms with Gasteiger partial charge >= 0.3 is 0 Å². The Kier molecular flexibility index (Phi) is 6.79. The summed E-state index contributed by atoms with van der Waals surface area (Å²) >= 11 is 0. The van der Waals surface area contributed by atoms with Crippen molar-refractivity contribution in [3.8, 4) is 66.8 Å². The molecule has 0 amide bonds. The van der Waals surface area contributed by atoms with Crippen LogP contribution >= 0.6 is 0 Å². The van der Waals surface area contributed by atoms with Crippen molar-refractivity contribution in [3.63, 3.8) is 0 Å². The first-order valence-corrected chi connectivity index (χ1v) is 20.4. The first-order valence-electron chi connectivity index (χ1n) is 20.4. The maximum atomic E-state index is 6.36. The molecule has 1 nitrogen and oxygen atoms in total. The van der Waals surface area contributed by atoms with Crippen molar-refractivity contribution in [2.24, 2.45) is 0 Å². The average molecular weight is 747 g/mol. The molecule has 0 spiro atoms. The number of fused-ring (bicyclic) bond motifs is 9. The van der Waals surface area contributed by atoms with Gasteiger partial charge in [-0.3, -0.25) is 0 Å². The van der Waals surface area contributed by atoms with Crippen molar-refractivity contribution in [2.75, 3.05) is 0 Å². The van der Waals surface area contributed by atoms with E-state index in [1.54, 1.807) is 0 Å². The van der Waals surface area contributed by atoms with E-state index in [-0.39, 0.29) is 0 Å². The fourth-order valence-electron chi connectivity index (χ4n) is 10.4. The molecule has 1 heteroatoms. The Morgan fingerprint density at radius 3 is 1.51 bits per heavy atom. The summed E-state index contributed by atoms with van der Waals surface area (Å²) in [5.74, 6) is 0. The lowest BCUT2D eigenvalue weighted by molar-refractivity contribution is 0.669. The van der Waals surface area contributed by atoms with Crippen molar-refractivity contribution in [1.29, 1.82) is 0 Å². The summed E-state index contributed by atoms with van der Waals surface area (Å²) in [7, 11) is 0.